The Balaban J connectivity index is 2.95. The zero-order chi connectivity index (χ0) is 7.40. The highest BCUT2D eigenvalue weighted by Crippen LogP contribution is 2.05. The molecular weight excluding hydrogens is 194 g/mol. The van der Waals surface area contributed by atoms with Gasteiger partial charge in [-0.2, -0.15) is 5.10 Å². The van der Waals surface area contributed by atoms with Gasteiger partial charge in [-0.25, -0.2) is 4.98 Å². The van der Waals surface area contributed by atoms with E-state index in [9.17, 15) is 0 Å². The maximum Gasteiger partial charge on any atom is 0.106 e. The molecule has 0 saturated carbocycles. The average molecular weight is 200 g/mol. The van der Waals surface area contributed by atoms with Crippen LogP contribution >= 0.6 is 15.9 Å². The summed E-state index contributed by atoms with van der Waals surface area (Å²) in [6, 6.07) is 3.65. The average Bonchev–Trinajstić information content (AvgIpc) is 1.88. The van der Waals surface area contributed by atoms with Gasteiger partial charge in [-0.3, -0.25) is 0 Å². The smallest absolute Gasteiger partial charge is 0.106 e. The number of hydrazone groups is 1. The minimum atomic E-state index is 0.782. The molecule has 0 amide bonds. The summed E-state index contributed by atoms with van der Waals surface area (Å²) in [7, 11) is 0. The molecule has 0 atom stereocenters. The van der Waals surface area contributed by atoms with Crippen LogP contribution in [-0.2, 0) is 0 Å². The number of pyridine rings is 1. The second-order valence-corrected chi connectivity index (χ2v) is 2.50. The van der Waals surface area contributed by atoms with E-state index in [-0.39, 0.29) is 0 Å². The van der Waals surface area contributed by atoms with Crippen LogP contribution in [0.4, 0.5) is 0 Å². The molecule has 1 aromatic rings. The maximum absolute atomic E-state index is 4.94. The van der Waals surface area contributed by atoms with Crippen molar-refractivity contribution in [2.75, 3.05) is 0 Å². The molecule has 3 nitrogen and oxygen atoms in total. The Morgan fingerprint density at radius 1 is 1.70 bits per heavy atom. The van der Waals surface area contributed by atoms with Crippen molar-refractivity contribution in [2.24, 2.45) is 10.9 Å². The first-order valence-electron chi connectivity index (χ1n) is 2.68. The maximum atomic E-state index is 4.94. The molecule has 0 fully saturated rings. The third-order valence-corrected chi connectivity index (χ3v) is 1.41. The molecule has 1 heterocycles. The Labute approximate surface area is 67.1 Å². The Morgan fingerprint density at radius 3 is 3.10 bits per heavy atom. The van der Waals surface area contributed by atoms with Crippen molar-refractivity contribution in [3.05, 3.63) is 28.5 Å². The highest BCUT2D eigenvalue weighted by Gasteiger charge is 1.88. The molecule has 1 rings (SSSR count). The van der Waals surface area contributed by atoms with Gasteiger partial charge in [0, 0.05) is 6.20 Å². The van der Waals surface area contributed by atoms with E-state index in [2.05, 4.69) is 26.0 Å². The van der Waals surface area contributed by atoms with Crippen molar-refractivity contribution in [2.45, 2.75) is 0 Å². The van der Waals surface area contributed by atoms with E-state index in [1.165, 1.54) is 0 Å². The fourth-order valence-electron chi connectivity index (χ4n) is 0.584. The predicted molar refractivity (Wildman–Crippen MR) is 43.7 cm³/mol. The minimum absolute atomic E-state index is 0.782. The minimum Gasteiger partial charge on any atom is -0.323 e. The van der Waals surface area contributed by atoms with Crippen LogP contribution in [0.1, 0.15) is 5.56 Å². The van der Waals surface area contributed by atoms with Gasteiger partial charge in [0.1, 0.15) is 4.60 Å². The summed E-state index contributed by atoms with van der Waals surface area (Å²) >= 11 is 3.22. The summed E-state index contributed by atoms with van der Waals surface area (Å²) in [5.41, 5.74) is 0.935. The van der Waals surface area contributed by atoms with Gasteiger partial charge >= 0.3 is 0 Å². The second-order valence-electron chi connectivity index (χ2n) is 1.69. The molecular formula is C6H6BrN3. The van der Waals surface area contributed by atoms with Crippen LogP contribution in [0, 0.1) is 0 Å². The molecule has 4 heteroatoms. The molecule has 0 saturated heterocycles. The summed E-state index contributed by atoms with van der Waals surface area (Å²) in [4.78, 5) is 3.94. The van der Waals surface area contributed by atoms with Crippen LogP contribution in [0.3, 0.4) is 0 Å². The van der Waals surface area contributed by atoms with Crippen LogP contribution in [0.15, 0.2) is 28.0 Å². The number of nitrogens with zero attached hydrogens (tertiary/aromatic N) is 2. The number of nitrogens with two attached hydrogens (primary N) is 1. The largest absolute Gasteiger partial charge is 0.323 e. The zero-order valence-electron chi connectivity index (χ0n) is 5.16. The zero-order valence-corrected chi connectivity index (χ0v) is 6.75. The van der Waals surface area contributed by atoms with Crippen LogP contribution in [0.5, 0.6) is 0 Å². The monoisotopic (exact) mass is 199 g/mol. The predicted octanol–water partition coefficient (Wildman–Crippen LogP) is 1.14. The molecule has 0 aromatic carbocycles. The highest BCUT2D eigenvalue weighted by molar-refractivity contribution is 9.10. The molecule has 10 heavy (non-hydrogen) atoms. The summed E-state index contributed by atoms with van der Waals surface area (Å²) in [5.74, 6) is 4.94. The van der Waals surface area contributed by atoms with Gasteiger partial charge in [0.25, 0.3) is 0 Å². The molecule has 0 aliphatic heterocycles. The normalized spacial score (nSPS) is 10.5. The first kappa shape index (κ1) is 7.21. The fraction of sp³-hybridized carbons (Fsp3) is 0. The van der Waals surface area contributed by atoms with Crippen LogP contribution < -0.4 is 5.84 Å². The lowest BCUT2D eigenvalue weighted by Crippen LogP contribution is -1.86. The first-order valence-corrected chi connectivity index (χ1v) is 3.47. The molecule has 52 valence electrons. The third-order valence-electron chi connectivity index (χ3n) is 0.974. The van der Waals surface area contributed by atoms with Gasteiger partial charge in [0.2, 0.25) is 0 Å². The van der Waals surface area contributed by atoms with Gasteiger partial charge < -0.3 is 5.84 Å². The molecule has 0 bridgehead atoms. The topological polar surface area (TPSA) is 51.3 Å². The molecule has 0 radical (unpaired) electrons. The van der Waals surface area contributed by atoms with Crippen molar-refractivity contribution in [3.63, 3.8) is 0 Å². The SMILES string of the molecule is NN=Cc1ccnc(Br)c1. The number of aromatic nitrogens is 1. The van der Waals surface area contributed by atoms with Gasteiger partial charge in [-0.15, -0.1) is 0 Å². The number of hydrogen-bond donors (Lipinski definition) is 1. The number of hydrogen-bond acceptors (Lipinski definition) is 3. The van der Waals surface area contributed by atoms with Gasteiger partial charge in [0.05, 0.1) is 6.21 Å². The van der Waals surface area contributed by atoms with Crippen molar-refractivity contribution in [1.82, 2.24) is 4.98 Å². The van der Waals surface area contributed by atoms with E-state index in [1.54, 1.807) is 12.4 Å². The van der Waals surface area contributed by atoms with Crippen molar-refractivity contribution < 1.29 is 0 Å². The van der Waals surface area contributed by atoms with E-state index >= 15 is 0 Å². The Kier molecular flexibility index (Phi) is 2.39. The number of halogens is 1. The molecule has 1 aromatic heterocycles. The summed E-state index contributed by atoms with van der Waals surface area (Å²) in [6.07, 6.45) is 3.24. The summed E-state index contributed by atoms with van der Waals surface area (Å²) in [5, 5.41) is 3.37. The van der Waals surface area contributed by atoms with Crippen LogP contribution in [0.25, 0.3) is 0 Å². The fourth-order valence-corrected chi connectivity index (χ4v) is 0.966. The molecule has 0 aliphatic carbocycles. The Bertz CT molecular complexity index is 247. The third kappa shape index (κ3) is 1.80. The van der Waals surface area contributed by atoms with Gasteiger partial charge in [-0.1, -0.05) is 0 Å². The van der Waals surface area contributed by atoms with Crippen molar-refractivity contribution >= 4 is 22.1 Å². The number of rotatable bonds is 1. The van der Waals surface area contributed by atoms with E-state index in [0.717, 1.165) is 10.2 Å². The first-order chi connectivity index (χ1) is 4.83. The molecule has 0 unspecified atom stereocenters. The van der Waals surface area contributed by atoms with Crippen molar-refractivity contribution in [1.29, 1.82) is 0 Å². The quantitative estimate of drug-likeness (QED) is 0.320. The molecule has 0 aliphatic rings. The van der Waals surface area contributed by atoms with Gasteiger partial charge in [-0.05, 0) is 33.6 Å². The molecule has 0 spiro atoms. The Hall–Kier alpha value is -0.900. The second kappa shape index (κ2) is 3.31. The summed E-state index contributed by atoms with van der Waals surface area (Å²) in [6.45, 7) is 0. The lowest BCUT2D eigenvalue weighted by atomic mass is 10.3. The van der Waals surface area contributed by atoms with Crippen LogP contribution in [-0.4, -0.2) is 11.2 Å². The molecule has 2 N–H and O–H groups in total. The van der Waals surface area contributed by atoms with E-state index in [1.807, 2.05) is 12.1 Å². The van der Waals surface area contributed by atoms with E-state index in [4.69, 9.17) is 5.84 Å². The standard InChI is InChI=1S/C6H6BrN3/c7-6-3-5(4-10-8)1-2-9-6/h1-4H,8H2. The van der Waals surface area contributed by atoms with Crippen molar-refractivity contribution in [3.8, 4) is 0 Å². The van der Waals surface area contributed by atoms with E-state index < -0.39 is 0 Å². The van der Waals surface area contributed by atoms with E-state index in [0.29, 0.717) is 0 Å². The lowest BCUT2D eigenvalue weighted by molar-refractivity contribution is 1.24. The lowest BCUT2D eigenvalue weighted by Gasteiger charge is -1.90. The van der Waals surface area contributed by atoms with Crippen LogP contribution in [0.2, 0.25) is 0 Å². The highest BCUT2D eigenvalue weighted by atomic mass is 79.9. The Morgan fingerprint density at radius 2 is 2.50 bits per heavy atom. The van der Waals surface area contributed by atoms with Gasteiger partial charge in [0.15, 0.2) is 0 Å². The summed E-state index contributed by atoms with van der Waals surface area (Å²) < 4.78 is 0.782.